The molecule has 1 amide bonds. The standard InChI is InChI=1S/C11H20N4O/c1-8(10(12)16)15-7-13-5-9(15)6-14-11(2,3)4/h5,7-8,14H,6H2,1-4H3,(H2,12,16). The summed E-state index contributed by atoms with van der Waals surface area (Å²) in [7, 11) is 0. The van der Waals surface area contributed by atoms with Gasteiger partial charge in [0, 0.05) is 18.3 Å². The summed E-state index contributed by atoms with van der Waals surface area (Å²) in [6.07, 6.45) is 3.38. The van der Waals surface area contributed by atoms with Crippen LogP contribution in [-0.2, 0) is 11.3 Å². The summed E-state index contributed by atoms with van der Waals surface area (Å²) in [5.41, 5.74) is 6.26. The number of hydrogen-bond donors (Lipinski definition) is 2. The SMILES string of the molecule is CC(C(N)=O)n1cncc1CNC(C)(C)C. The van der Waals surface area contributed by atoms with Crippen molar-refractivity contribution in [1.29, 1.82) is 0 Å². The highest BCUT2D eigenvalue weighted by molar-refractivity contribution is 5.77. The van der Waals surface area contributed by atoms with Crippen LogP contribution in [-0.4, -0.2) is 21.0 Å². The third-order valence-electron chi connectivity index (χ3n) is 2.38. The molecule has 0 radical (unpaired) electrons. The molecule has 0 saturated carbocycles. The van der Waals surface area contributed by atoms with Crippen LogP contribution >= 0.6 is 0 Å². The average Bonchev–Trinajstić information content (AvgIpc) is 2.59. The minimum Gasteiger partial charge on any atom is -0.368 e. The first kappa shape index (κ1) is 12.7. The van der Waals surface area contributed by atoms with E-state index in [1.807, 2.05) is 0 Å². The fourth-order valence-corrected chi connectivity index (χ4v) is 1.31. The molecule has 0 aliphatic carbocycles. The van der Waals surface area contributed by atoms with Crippen LogP contribution in [0.25, 0.3) is 0 Å². The lowest BCUT2D eigenvalue weighted by Gasteiger charge is -2.21. The topological polar surface area (TPSA) is 72.9 Å². The van der Waals surface area contributed by atoms with Crippen molar-refractivity contribution < 1.29 is 4.79 Å². The van der Waals surface area contributed by atoms with Gasteiger partial charge < -0.3 is 15.6 Å². The highest BCUT2D eigenvalue weighted by Gasteiger charge is 2.16. The lowest BCUT2D eigenvalue weighted by molar-refractivity contribution is -0.120. The van der Waals surface area contributed by atoms with Crippen LogP contribution < -0.4 is 11.1 Å². The second-order valence-electron chi connectivity index (χ2n) is 4.97. The maximum atomic E-state index is 11.1. The summed E-state index contributed by atoms with van der Waals surface area (Å²) in [5.74, 6) is -0.352. The Bertz CT molecular complexity index is 364. The number of rotatable bonds is 4. The van der Waals surface area contributed by atoms with Crippen LogP contribution in [0.3, 0.4) is 0 Å². The molecule has 0 aliphatic rings. The van der Waals surface area contributed by atoms with Crippen LogP contribution in [0.5, 0.6) is 0 Å². The summed E-state index contributed by atoms with van der Waals surface area (Å²) >= 11 is 0. The monoisotopic (exact) mass is 224 g/mol. The molecule has 3 N–H and O–H groups in total. The van der Waals surface area contributed by atoms with E-state index < -0.39 is 0 Å². The second-order valence-corrected chi connectivity index (χ2v) is 4.97. The average molecular weight is 224 g/mol. The number of nitrogens with two attached hydrogens (primary N) is 1. The Morgan fingerprint density at radius 1 is 1.62 bits per heavy atom. The largest absolute Gasteiger partial charge is 0.368 e. The van der Waals surface area contributed by atoms with E-state index in [4.69, 9.17) is 5.73 Å². The molecular formula is C11H20N4O. The molecule has 16 heavy (non-hydrogen) atoms. The van der Waals surface area contributed by atoms with E-state index in [1.54, 1.807) is 24.0 Å². The molecule has 1 aromatic rings. The third-order valence-corrected chi connectivity index (χ3v) is 2.38. The number of nitrogens with one attached hydrogen (secondary N) is 1. The van der Waals surface area contributed by atoms with Gasteiger partial charge >= 0.3 is 0 Å². The van der Waals surface area contributed by atoms with Gasteiger partial charge in [-0.15, -0.1) is 0 Å². The lowest BCUT2D eigenvalue weighted by atomic mass is 10.1. The van der Waals surface area contributed by atoms with Crippen molar-refractivity contribution >= 4 is 5.91 Å². The van der Waals surface area contributed by atoms with Gasteiger partial charge in [-0.05, 0) is 27.7 Å². The van der Waals surface area contributed by atoms with Gasteiger partial charge in [-0.1, -0.05) is 0 Å². The van der Waals surface area contributed by atoms with Crippen LogP contribution in [0.4, 0.5) is 0 Å². The minimum atomic E-state index is -0.362. The van der Waals surface area contributed by atoms with Gasteiger partial charge in [0.15, 0.2) is 0 Å². The molecule has 1 heterocycles. The van der Waals surface area contributed by atoms with Gasteiger partial charge in [-0.3, -0.25) is 4.79 Å². The van der Waals surface area contributed by atoms with E-state index in [2.05, 4.69) is 31.1 Å². The molecule has 0 spiro atoms. The van der Waals surface area contributed by atoms with Crippen molar-refractivity contribution in [1.82, 2.24) is 14.9 Å². The van der Waals surface area contributed by atoms with Gasteiger partial charge in [-0.25, -0.2) is 4.98 Å². The molecule has 0 saturated heterocycles. The van der Waals surface area contributed by atoms with Crippen molar-refractivity contribution in [3.63, 3.8) is 0 Å². The third kappa shape index (κ3) is 3.34. The molecule has 0 aliphatic heterocycles. The molecule has 0 fully saturated rings. The highest BCUT2D eigenvalue weighted by Crippen LogP contribution is 2.10. The van der Waals surface area contributed by atoms with Gasteiger partial charge in [-0.2, -0.15) is 0 Å². The Kier molecular flexibility index (Phi) is 3.70. The fraction of sp³-hybridized carbons (Fsp3) is 0.636. The predicted molar refractivity (Wildman–Crippen MR) is 62.7 cm³/mol. The van der Waals surface area contributed by atoms with Gasteiger partial charge in [0.25, 0.3) is 0 Å². The van der Waals surface area contributed by atoms with Crippen LogP contribution in [0.15, 0.2) is 12.5 Å². The van der Waals surface area contributed by atoms with Crippen molar-refractivity contribution in [2.24, 2.45) is 5.73 Å². The summed E-state index contributed by atoms with van der Waals surface area (Å²) in [6, 6.07) is -0.362. The van der Waals surface area contributed by atoms with Crippen molar-refractivity contribution in [2.75, 3.05) is 0 Å². The second kappa shape index (κ2) is 4.65. The maximum absolute atomic E-state index is 11.1. The molecule has 1 unspecified atom stereocenters. The van der Waals surface area contributed by atoms with Gasteiger partial charge in [0.1, 0.15) is 6.04 Å². The highest BCUT2D eigenvalue weighted by atomic mass is 16.1. The summed E-state index contributed by atoms with van der Waals surface area (Å²) < 4.78 is 1.79. The number of imidazole rings is 1. The Labute approximate surface area is 96.0 Å². The zero-order chi connectivity index (χ0) is 12.3. The van der Waals surface area contributed by atoms with E-state index in [0.29, 0.717) is 6.54 Å². The lowest BCUT2D eigenvalue weighted by Crippen LogP contribution is -2.36. The zero-order valence-corrected chi connectivity index (χ0v) is 10.3. The van der Waals surface area contributed by atoms with E-state index in [9.17, 15) is 4.79 Å². The molecule has 1 rings (SSSR count). The first-order chi connectivity index (χ1) is 7.31. The summed E-state index contributed by atoms with van der Waals surface area (Å²) in [5, 5.41) is 3.35. The van der Waals surface area contributed by atoms with Crippen LogP contribution in [0, 0.1) is 0 Å². The normalized spacial score (nSPS) is 13.8. The molecular weight excluding hydrogens is 204 g/mol. The Morgan fingerprint density at radius 2 is 2.25 bits per heavy atom. The summed E-state index contributed by atoms with van der Waals surface area (Å²) in [6.45, 7) is 8.70. The van der Waals surface area contributed by atoms with Gasteiger partial charge in [0.05, 0.1) is 12.0 Å². The number of amides is 1. The van der Waals surface area contributed by atoms with Gasteiger partial charge in [0.2, 0.25) is 5.91 Å². The molecule has 90 valence electrons. The molecule has 5 nitrogen and oxygen atoms in total. The maximum Gasteiger partial charge on any atom is 0.240 e. The minimum absolute atomic E-state index is 0.0328. The Hall–Kier alpha value is -1.36. The predicted octanol–water partition coefficient (Wildman–Crippen LogP) is 0.817. The van der Waals surface area contributed by atoms with E-state index in [1.165, 1.54) is 0 Å². The molecule has 1 atom stereocenters. The molecule has 0 bridgehead atoms. The number of carbonyl (C=O) groups is 1. The van der Waals surface area contributed by atoms with Crippen LogP contribution in [0.1, 0.15) is 39.4 Å². The molecule has 1 aromatic heterocycles. The fourth-order valence-electron chi connectivity index (χ4n) is 1.31. The smallest absolute Gasteiger partial charge is 0.240 e. The summed E-state index contributed by atoms with van der Waals surface area (Å²) in [4.78, 5) is 15.1. The van der Waals surface area contributed by atoms with Crippen molar-refractivity contribution in [3.8, 4) is 0 Å². The van der Waals surface area contributed by atoms with E-state index in [-0.39, 0.29) is 17.5 Å². The zero-order valence-electron chi connectivity index (χ0n) is 10.3. The molecule has 0 aromatic carbocycles. The first-order valence-corrected chi connectivity index (χ1v) is 5.36. The number of carbonyl (C=O) groups excluding carboxylic acids is 1. The van der Waals surface area contributed by atoms with Crippen molar-refractivity contribution in [3.05, 3.63) is 18.2 Å². The van der Waals surface area contributed by atoms with E-state index in [0.717, 1.165) is 5.69 Å². The Balaban J connectivity index is 2.75. The number of hydrogen-bond acceptors (Lipinski definition) is 3. The van der Waals surface area contributed by atoms with Crippen LogP contribution in [0.2, 0.25) is 0 Å². The molecule has 5 heteroatoms. The Morgan fingerprint density at radius 3 is 2.75 bits per heavy atom. The number of aromatic nitrogens is 2. The number of nitrogens with zero attached hydrogens (tertiary/aromatic N) is 2. The quantitative estimate of drug-likeness (QED) is 0.795. The number of primary amides is 1. The van der Waals surface area contributed by atoms with E-state index >= 15 is 0 Å². The van der Waals surface area contributed by atoms with Crippen molar-refractivity contribution in [2.45, 2.75) is 45.8 Å². The first-order valence-electron chi connectivity index (χ1n) is 5.36.